The van der Waals surface area contributed by atoms with Crippen molar-refractivity contribution in [3.63, 3.8) is 0 Å². The fourth-order valence-electron chi connectivity index (χ4n) is 2.70. The van der Waals surface area contributed by atoms with E-state index < -0.39 is 9.84 Å². The summed E-state index contributed by atoms with van der Waals surface area (Å²) in [7, 11) is -3.32. The highest BCUT2D eigenvalue weighted by molar-refractivity contribution is 7.90. The summed E-state index contributed by atoms with van der Waals surface area (Å²) in [4.78, 5) is 4.77. The molecule has 0 bridgehead atoms. The highest BCUT2D eigenvalue weighted by Crippen LogP contribution is 2.32. The number of nitrogens with zero attached hydrogens (tertiary/aromatic N) is 2. The Morgan fingerprint density at radius 3 is 2.68 bits per heavy atom. The van der Waals surface area contributed by atoms with Gasteiger partial charge >= 0.3 is 0 Å². The largest absolute Gasteiger partial charge is 0.506 e. The van der Waals surface area contributed by atoms with Crippen molar-refractivity contribution < 1.29 is 13.5 Å². The number of para-hydroxylation sites is 2. The minimum Gasteiger partial charge on any atom is -0.506 e. The van der Waals surface area contributed by atoms with Gasteiger partial charge in [-0.05, 0) is 30.3 Å². The van der Waals surface area contributed by atoms with Crippen LogP contribution in [0.3, 0.4) is 0 Å². The van der Waals surface area contributed by atoms with Crippen LogP contribution in [0, 0.1) is 0 Å². The van der Waals surface area contributed by atoms with Crippen LogP contribution in [-0.4, -0.2) is 35.0 Å². The molecule has 2 heterocycles. The lowest BCUT2D eigenvalue weighted by molar-refractivity contribution is 0.477. The second-order valence-electron chi connectivity index (χ2n) is 5.71. The molecule has 8 heteroatoms. The Balaban J connectivity index is 1.94. The van der Waals surface area contributed by atoms with Crippen molar-refractivity contribution in [1.82, 2.24) is 15.2 Å². The number of phenols is 1. The molecule has 7 nitrogen and oxygen atoms in total. The summed E-state index contributed by atoms with van der Waals surface area (Å²) in [6.45, 7) is 0. The van der Waals surface area contributed by atoms with Gasteiger partial charge in [0.25, 0.3) is 0 Å². The average molecular weight is 354 g/mol. The summed E-state index contributed by atoms with van der Waals surface area (Å²) in [5.41, 5.74) is 1.76. The number of nitrogens with one attached hydrogen (secondary N) is 2. The number of aromatic amines is 1. The molecular weight excluding hydrogens is 340 g/mol. The van der Waals surface area contributed by atoms with Crippen molar-refractivity contribution in [3.8, 4) is 5.75 Å². The van der Waals surface area contributed by atoms with Gasteiger partial charge in [0.15, 0.2) is 15.7 Å². The van der Waals surface area contributed by atoms with Crippen LogP contribution in [0.5, 0.6) is 5.75 Å². The van der Waals surface area contributed by atoms with Gasteiger partial charge in [0.05, 0.1) is 22.3 Å². The third kappa shape index (κ3) is 2.66. The number of fused-ring (bicyclic) bond motifs is 3. The molecular formula is C17H14N4O3S. The monoisotopic (exact) mass is 354 g/mol. The van der Waals surface area contributed by atoms with Gasteiger partial charge in [-0.1, -0.05) is 12.1 Å². The molecule has 4 rings (SSSR count). The zero-order valence-electron chi connectivity index (χ0n) is 13.2. The van der Waals surface area contributed by atoms with E-state index in [2.05, 4.69) is 20.5 Å². The van der Waals surface area contributed by atoms with Gasteiger partial charge in [0, 0.05) is 17.0 Å². The van der Waals surface area contributed by atoms with Crippen molar-refractivity contribution in [3.05, 3.63) is 48.7 Å². The molecule has 126 valence electrons. The maximum absolute atomic E-state index is 11.8. The number of H-pyrrole nitrogens is 1. The van der Waals surface area contributed by atoms with E-state index in [1.165, 1.54) is 12.3 Å². The Labute approximate surface area is 143 Å². The van der Waals surface area contributed by atoms with E-state index in [-0.39, 0.29) is 10.6 Å². The molecule has 0 unspecified atom stereocenters. The summed E-state index contributed by atoms with van der Waals surface area (Å²) >= 11 is 0. The van der Waals surface area contributed by atoms with Crippen LogP contribution < -0.4 is 5.32 Å². The number of pyridine rings is 1. The smallest absolute Gasteiger partial charge is 0.175 e. The summed E-state index contributed by atoms with van der Waals surface area (Å²) < 4.78 is 23.6. The predicted molar refractivity (Wildman–Crippen MR) is 95.9 cm³/mol. The zero-order valence-corrected chi connectivity index (χ0v) is 14.0. The number of hydrogen-bond donors (Lipinski definition) is 3. The summed E-state index contributed by atoms with van der Waals surface area (Å²) in [6, 6.07) is 11.6. The van der Waals surface area contributed by atoms with Crippen LogP contribution in [0.2, 0.25) is 0 Å². The van der Waals surface area contributed by atoms with Gasteiger partial charge in [0.2, 0.25) is 0 Å². The maximum atomic E-state index is 11.8. The quantitative estimate of drug-likeness (QED) is 0.488. The molecule has 0 atom stereocenters. The van der Waals surface area contributed by atoms with E-state index in [1.807, 2.05) is 0 Å². The van der Waals surface area contributed by atoms with E-state index in [4.69, 9.17) is 0 Å². The number of aromatic hydroxyl groups is 1. The standard InChI is InChI=1S/C17H14N4O3S/c1-25(23,24)10-6-7-13-11(8-10)12-9-18-21-16(12)17(19-13)20-14-4-2-3-5-15(14)22/h2-9,22H,1H3,(H,18,21)(H,19,20). The number of aromatic nitrogens is 3. The number of sulfone groups is 1. The van der Waals surface area contributed by atoms with Gasteiger partial charge in [-0.25, -0.2) is 13.4 Å². The van der Waals surface area contributed by atoms with E-state index in [0.29, 0.717) is 27.9 Å². The first kappa shape index (κ1) is 15.4. The molecule has 0 fully saturated rings. The Bertz CT molecular complexity index is 1220. The lowest BCUT2D eigenvalue weighted by atomic mass is 10.1. The molecule has 4 aromatic rings. The van der Waals surface area contributed by atoms with E-state index >= 15 is 0 Å². The third-order valence-electron chi connectivity index (χ3n) is 3.95. The van der Waals surface area contributed by atoms with Gasteiger partial charge < -0.3 is 10.4 Å². The van der Waals surface area contributed by atoms with Crippen LogP contribution in [0.25, 0.3) is 21.8 Å². The van der Waals surface area contributed by atoms with Crippen LogP contribution in [0.15, 0.2) is 53.6 Å². The fraction of sp³-hybridized carbons (Fsp3) is 0.0588. The summed E-state index contributed by atoms with van der Waals surface area (Å²) in [5.74, 6) is 0.595. The number of benzene rings is 2. The molecule has 0 spiro atoms. The highest BCUT2D eigenvalue weighted by atomic mass is 32.2. The number of phenolic OH excluding ortho intramolecular Hbond substituents is 1. The number of anilines is 2. The first-order chi connectivity index (χ1) is 11.9. The summed E-state index contributed by atoms with van der Waals surface area (Å²) in [6.07, 6.45) is 2.80. The minimum absolute atomic E-state index is 0.101. The molecule has 0 saturated heterocycles. The van der Waals surface area contributed by atoms with Gasteiger partial charge in [0.1, 0.15) is 11.3 Å². The predicted octanol–water partition coefficient (Wildman–Crippen LogP) is 2.96. The topological polar surface area (TPSA) is 108 Å². The number of rotatable bonds is 3. The molecule has 3 N–H and O–H groups in total. The van der Waals surface area contributed by atoms with Crippen LogP contribution >= 0.6 is 0 Å². The molecule has 2 aromatic carbocycles. The average Bonchev–Trinajstić information content (AvgIpc) is 3.06. The normalized spacial score (nSPS) is 11.9. The van der Waals surface area contributed by atoms with E-state index in [0.717, 1.165) is 5.39 Å². The number of hydrogen-bond acceptors (Lipinski definition) is 6. The Morgan fingerprint density at radius 2 is 1.92 bits per heavy atom. The minimum atomic E-state index is -3.32. The van der Waals surface area contributed by atoms with Gasteiger partial charge in [-0.2, -0.15) is 5.10 Å². The molecule has 0 radical (unpaired) electrons. The maximum Gasteiger partial charge on any atom is 0.175 e. The van der Waals surface area contributed by atoms with Gasteiger partial charge in [-0.3, -0.25) is 5.10 Å². The van der Waals surface area contributed by atoms with Crippen LogP contribution in [0.4, 0.5) is 11.5 Å². The molecule has 0 amide bonds. The Hall–Kier alpha value is -3.13. The van der Waals surface area contributed by atoms with E-state index in [1.54, 1.807) is 42.6 Å². The zero-order chi connectivity index (χ0) is 17.6. The van der Waals surface area contributed by atoms with Crippen molar-refractivity contribution in [1.29, 1.82) is 0 Å². The SMILES string of the molecule is CS(=O)(=O)c1ccc2nc(Nc3ccccc3O)c3[nH]ncc3c2c1. The highest BCUT2D eigenvalue weighted by Gasteiger charge is 2.14. The van der Waals surface area contributed by atoms with Crippen LogP contribution in [-0.2, 0) is 9.84 Å². The Kier molecular flexibility index (Phi) is 3.36. The Morgan fingerprint density at radius 1 is 1.12 bits per heavy atom. The fourth-order valence-corrected chi connectivity index (χ4v) is 3.35. The second-order valence-corrected chi connectivity index (χ2v) is 7.73. The molecule has 0 aliphatic rings. The second kappa shape index (κ2) is 5.45. The molecule has 0 aliphatic carbocycles. The van der Waals surface area contributed by atoms with Crippen molar-refractivity contribution in [2.24, 2.45) is 0 Å². The van der Waals surface area contributed by atoms with Crippen molar-refractivity contribution in [2.45, 2.75) is 4.90 Å². The first-order valence-corrected chi connectivity index (χ1v) is 9.34. The third-order valence-corrected chi connectivity index (χ3v) is 5.06. The van der Waals surface area contributed by atoms with Gasteiger partial charge in [-0.15, -0.1) is 0 Å². The molecule has 0 aliphatic heterocycles. The molecule has 0 saturated carbocycles. The van der Waals surface area contributed by atoms with Crippen LogP contribution in [0.1, 0.15) is 0 Å². The molecule has 2 aromatic heterocycles. The lowest BCUT2D eigenvalue weighted by Crippen LogP contribution is -1.99. The van der Waals surface area contributed by atoms with Crippen molar-refractivity contribution >= 4 is 43.1 Å². The first-order valence-electron chi connectivity index (χ1n) is 7.45. The van der Waals surface area contributed by atoms with Crippen molar-refractivity contribution in [2.75, 3.05) is 11.6 Å². The summed E-state index contributed by atoms with van der Waals surface area (Å²) in [5, 5.41) is 21.4. The molecule has 25 heavy (non-hydrogen) atoms. The van der Waals surface area contributed by atoms with E-state index in [9.17, 15) is 13.5 Å². The lowest BCUT2D eigenvalue weighted by Gasteiger charge is -2.10.